The van der Waals surface area contributed by atoms with Crippen LogP contribution in [0.25, 0.3) is 0 Å². The highest BCUT2D eigenvalue weighted by Crippen LogP contribution is 2.17. The van der Waals surface area contributed by atoms with Crippen LogP contribution < -0.4 is 5.32 Å². The molecule has 3 N–H and O–H groups in total. The Hall–Kier alpha value is -1.59. The molecule has 0 radical (unpaired) electrons. The van der Waals surface area contributed by atoms with E-state index < -0.39 is 12.1 Å². The number of carbonyl (C=O) groups is 2. The number of carbonyl (C=O) groups excluding carboxylic acids is 1. The molecule has 1 atom stereocenters. The van der Waals surface area contributed by atoms with Crippen LogP contribution in [0.5, 0.6) is 0 Å². The number of rotatable bonds is 7. The quantitative estimate of drug-likeness (QED) is 0.712. The van der Waals surface area contributed by atoms with Crippen LogP contribution in [0.15, 0.2) is 18.2 Å². The van der Waals surface area contributed by atoms with Crippen LogP contribution in [0.3, 0.4) is 0 Å². The molecular weight excluding hydrogens is 282 g/mol. The van der Waals surface area contributed by atoms with Crippen LogP contribution in [0.1, 0.15) is 24.0 Å². The molecule has 0 heterocycles. The molecule has 1 aromatic carbocycles. The molecule has 1 amide bonds. The van der Waals surface area contributed by atoms with E-state index in [4.69, 9.17) is 21.8 Å². The zero-order valence-electron chi connectivity index (χ0n) is 11.2. The lowest BCUT2D eigenvalue weighted by molar-refractivity contribution is -0.147. The van der Waals surface area contributed by atoms with Crippen molar-refractivity contribution in [1.29, 1.82) is 0 Å². The van der Waals surface area contributed by atoms with Crippen LogP contribution in [-0.2, 0) is 16.0 Å². The summed E-state index contributed by atoms with van der Waals surface area (Å²) in [5.41, 5.74) is 1.96. The molecule has 0 fully saturated rings. The monoisotopic (exact) mass is 299 g/mol. The SMILES string of the molecule is Cc1ccc(CCC(=O)NCCC(O)C(=O)O)cc1Cl. The summed E-state index contributed by atoms with van der Waals surface area (Å²) in [6.45, 7) is 2.05. The lowest BCUT2D eigenvalue weighted by Gasteiger charge is -2.08. The molecule has 0 aromatic heterocycles. The number of carboxylic acid groups (broad SMARTS) is 1. The Balaban J connectivity index is 2.29. The zero-order valence-corrected chi connectivity index (χ0v) is 12.0. The summed E-state index contributed by atoms with van der Waals surface area (Å²) >= 11 is 5.99. The number of hydrogen-bond acceptors (Lipinski definition) is 3. The number of aliphatic hydroxyl groups excluding tert-OH is 1. The summed E-state index contributed by atoms with van der Waals surface area (Å²) in [4.78, 5) is 21.9. The largest absolute Gasteiger partial charge is 0.479 e. The Labute approximate surface area is 122 Å². The van der Waals surface area contributed by atoms with E-state index in [1.165, 1.54) is 0 Å². The third-order valence-electron chi connectivity index (χ3n) is 2.90. The molecule has 0 bridgehead atoms. The van der Waals surface area contributed by atoms with Crippen molar-refractivity contribution in [3.8, 4) is 0 Å². The average Bonchev–Trinajstić information content (AvgIpc) is 2.40. The average molecular weight is 300 g/mol. The van der Waals surface area contributed by atoms with Gasteiger partial charge >= 0.3 is 5.97 Å². The third kappa shape index (κ3) is 5.59. The topological polar surface area (TPSA) is 86.6 Å². The fraction of sp³-hybridized carbons (Fsp3) is 0.429. The van der Waals surface area contributed by atoms with Gasteiger partial charge in [0.15, 0.2) is 6.10 Å². The van der Waals surface area contributed by atoms with E-state index in [9.17, 15) is 9.59 Å². The molecule has 0 saturated carbocycles. The first kappa shape index (κ1) is 16.5. The minimum Gasteiger partial charge on any atom is -0.479 e. The Morgan fingerprint density at radius 3 is 2.70 bits per heavy atom. The van der Waals surface area contributed by atoms with Gasteiger partial charge in [0.05, 0.1) is 0 Å². The van der Waals surface area contributed by atoms with Crippen LogP contribution in [0.4, 0.5) is 0 Å². The maximum Gasteiger partial charge on any atom is 0.332 e. The second-order valence-electron chi connectivity index (χ2n) is 4.58. The van der Waals surface area contributed by atoms with Crippen molar-refractivity contribution in [2.75, 3.05) is 6.54 Å². The van der Waals surface area contributed by atoms with Crippen LogP contribution in [0, 0.1) is 6.92 Å². The predicted octanol–water partition coefficient (Wildman–Crippen LogP) is 1.53. The van der Waals surface area contributed by atoms with Gasteiger partial charge in [-0.25, -0.2) is 4.79 Å². The number of aliphatic carboxylic acids is 1. The van der Waals surface area contributed by atoms with E-state index in [2.05, 4.69) is 5.32 Å². The Morgan fingerprint density at radius 1 is 1.40 bits per heavy atom. The number of halogens is 1. The van der Waals surface area contributed by atoms with E-state index >= 15 is 0 Å². The number of aryl methyl sites for hydroxylation is 2. The van der Waals surface area contributed by atoms with Gasteiger partial charge < -0.3 is 15.5 Å². The number of carboxylic acids is 1. The van der Waals surface area contributed by atoms with Gasteiger partial charge in [-0.15, -0.1) is 0 Å². The van der Waals surface area contributed by atoms with E-state index in [0.29, 0.717) is 17.9 Å². The Morgan fingerprint density at radius 2 is 2.10 bits per heavy atom. The first-order valence-corrected chi connectivity index (χ1v) is 6.70. The standard InChI is InChI=1S/C14H18ClNO4/c1-9-2-3-10(8-11(9)15)4-5-13(18)16-7-6-12(17)14(19)20/h2-3,8,12,17H,4-7H2,1H3,(H,16,18)(H,19,20). The van der Waals surface area contributed by atoms with Gasteiger partial charge in [0.2, 0.25) is 5.91 Å². The van der Waals surface area contributed by atoms with Gasteiger partial charge in [0.25, 0.3) is 0 Å². The molecule has 0 spiro atoms. The summed E-state index contributed by atoms with van der Waals surface area (Å²) in [6.07, 6.45) is -0.584. The maximum atomic E-state index is 11.5. The highest BCUT2D eigenvalue weighted by atomic mass is 35.5. The second-order valence-corrected chi connectivity index (χ2v) is 4.98. The minimum atomic E-state index is -1.44. The Kier molecular flexibility index (Phi) is 6.48. The second kappa shape index (κ2) is 7.87. The molecular formula is C14H18ClNO4. The van der Waals surface area contributed by atoms with Crippen molar-refractivity contribution in [3.63, 3.8) is 0 Å². The van der Waals surface area contributed by atoms with E-state index in [-0.39, 0.29) is 18.9 Å². The summed E-state index contributed by atoms with van der Waals surface area (Å²) in [5.74, 6) is -1.46. The fourth-order valence-corrected chi connectivity index (χ4v) is 1.81. The smallest absolute Gasteiger partial charge is 0.332 e. The van der Waals surface area contributed by atoms with Gasteiger partial charge in [0.1, 0.15) is 0 Å². The molecule has 0 aliphatic rings. The van der Waals surface area contributed by atoms with Crippen molar-refractivity contribution in [2.45, 2.75) is 32.3 Å². The van der Waals surface area contributed by atoms with E-state index in [1.807, 2.05) is 25.1 Å². The first-order valence-electron chi connectivity index (χ1n) is 6.32. The highest BCUT2D eigenvalue weighted by Gasteiger charge is 2.12. The minimum absolute atomic E-state index is 0.00255. The van der Waals surface area contributed by atoms with E-state index in [0.717, 1.165) is 11.1 Å². The third-order valence-corrected chi connectivity index (χ3v) is 3.31. The Bertz CT molecular complexity index is 490. The van der Waals surface area contributed by atoms with E-state index in [1.54, 1.807) is 0 Å². The van der Waals surface area contributed by atoms with Crippen molar-refractivity contribution in [3.05, 3.63) is 34.3 Å². The summed E-state index contributed by atoms with van der Waals surface area (Å²) < 4.78 is 0. The van der Waals surface area contributed by atoms with Gasteiger partial charge in [-0.3, -0.25) is 4.79 Å². The van der Waals surface area contributed by atoms with Crippen molar-refractivity contribution in [1.82, 2.24) is 5.32 Å². The molecule has 6 heteroatoms. The first-order chi connectivity index (χ1) is 9.40. The lowest BCUT2D eigenvalue weighted by atomic mass is 10.1. The van der Waals surface area contributed by atoms with Gasteiger partial charge in [-0.2, -0.15) is 0 Å². The molecule has 20 heavy (non-hydrogen) atoms. The van der Waals surface area contributed by atoms with Crippen molar-refractivity contribution < 1.29 is 19.8 Å². The summed E-state index contributed by atoms with van der Waals surface area (Å²) in [5, 5.41) is 20.8. The molecule has 1 aromatic rings. The number of nitrogens with one attached hydrogen (secondary N) is 1. The number of hydrogen-bond donors (Lipinski definition) is 3. The molecule has 0 aliphatic heterocycles. The van der Waals surface area contributed by atoms with Crippen LogP contribution >= 0.6 is 11.6 Å². The fourth-order valence-electron chi connectivity index (χ4n) is 1.61. The van der Waals surface area contributed by atoms with Crippen LogP contribution in [-0.4, -0.2) is 34.7 Å². The molecule has 1 rings (SSSR count). The summed E-state index contributed by atoms with van der Waals surface area (Å²) in [7, 11) is 0. The van der Waals surface area contributed by atoms with Gasteiger partial charge in [-0.05, 0) is 30.5 Å². The molecule has 5 nitrogen and oxygen atoms in total. The molecule has 1 unspecified atom stereocenters. The zero-order chi connectivity index (χ0) is 15.1. The maximum absolute atomic E-state index is 11.5. The van der Waals surface area contributed by atoms with Crippen LogP contribution in [0.2, 0.25) is 5.02 Å². The number of aliphatic hydroxyl groups is 1. The van der Waals surface area contributed by atoms with Crippen molar-refractivity contribution >= 4 is 23.5 Å². The van der Waals surface area contributed by atoms with Gasteiger partial charge in [-0.1, -0.05) is 23.7 Å². The molecule has 0 aliphatic carbocycles. The predicted molar refractivity (Wildman–Crippen MR) is 75.8 cm³/mol. The highest BCUT2D eigenvalue weighted by molar-refractivity contribution is 6.31. The van der Waals surface area contributed by atoms with Crippen molar-refractivity contribution in [2.24, 2.45) is 0 Å². The number of amides is 1. The lowest BCUT2D eigenvalue weighted by Crippen LogP contribution is -2.30. The summed E-state index contributed by atoms with van der Waals surface area (Å²) in [6, 6.07) is 5.65. The normalized spacial score (nSPS) is 11.9. The van der Waals surface area contributed by atoms with Gasteiger partial charge in [0, 0.05) is 24.4 Å². The number of benzene rings is 1. The molecule has 0 saturated heterocycles. The molecule has 110 valence electrons.